The second-order valence-electron chi connectivity index (χ2n) is 4.01. The Morgan fingerprint density at radius 1 is 1.12 bits per heavy atom. The van der Waals surface area contributed by atoms with Gasteiger partial charge in [0.1, 0.15) is 0 Å². The van der Waals surface area contributed by atoms with Gasteiger partial charge in [0.05, 0.1) is 11.2 Å². The summed E-state index contributed by atoms with van der Waals surface area (Å²) in [4.78, 5) is 4.42. The van der Waals surface area contributed by atoms with E-state index in [2.05, 4.69) is 41.5 Å². The van der Waals surface area contributed by atoms with Crippen LogP contribution in [0.5, 0.6) is 0 Å². The average Bonchev–Trinajstić information content (AvgIpc) is 2.35. The molecule has 2 aromatic rings. The minimum absolute atomic E-state index is 1.03. The van der Waals surface area contributed by atoms with Gasteiger partial charge in [0.25, 0.3) is 0 Å². The van der Waals surface area contributed by atoms with Crippen LogP contribution in [0.3, 0.4) is 0 Å². The molecule has 1 aromatic heterocycles. The minimum atomic E-state index is 1.03. The molecule has 0 spiro atoms. The predicted octanol–water partition coefficient (Wildman–Crippen LogP) is 3.84. The normalized spacial score (nSPS) is 10.6. The molecule has 1 N–H and O–H groups in total. The molecule has 0 fully saturated rings. The summed E-state index contributed by atoms with van der Waals surface area (Å²) in [6.07, 6.45) is 5.61. The first-order valence-electron chi connectivity index (χ1n) is 5.99. The number of nitrogens with zero attached hydrogens (tertiary/aromatic N) is 1. The van der Waals surface area contributed by atoms with E-state index >= 15 is 0 Å². The first-order valence-corrected chi connectivity index (χ1v) is 5.99. The van der Waals surface area contributed by atoms with Gasteiger partial charge in [-0.3, -0.25) is 4.98 Å². The molecule has 2 rings (SSSR count). The predicted molar refractivity (Wildman–Crippen MR) is 69.8 cm³/mol. The molecular formula is C14H18N2. The molecule has 84 valence electrons. The number of hydrogen-bond donors (Lipinski definition) is 1. The Hall–Kier alpha value is -1.57. The van der Waals surface area contributed by atoms with Crippen LogP contribution in [0.4, 0.5) is 5.69 Å². The fourth-order valence-corrected chi connectivity index (χ4v) is 1.84. The maximum Gasteiger partial charge on any atom is 0.0933 e. The smallest absolute Gasteiger partial charge is 0.0933 e. The molecule has 0 atom stereocenters. The van der Waals surface area contributed by atoms with Crippen LogP contribution in [-0.2, 0) is 0 Å². The molecule has 0 saturated heterocycles. The van der Waals surface area contributed by atoms with Gasteiger partial charge in [0.15, 0.2) is 0 Å². The first kappa shape index (κ1) is 10.9. The highest BCUT2D eigenvalue weighted by Crippen LogP contribution is 2.20. The third-order valence-electron chi connectivity index (χ3n) is 2.73. The van der Waals surface area contributed by atoms with Crippen molar-refractivity contribution in [2.24, 2.45) is 0 Å². The summed E-state index contributed by atoms with van der Waals surface area (Å²) in [5.41, 5.74) is 2.22. The van der Waals surface area contributed by atoms with Crippen molar-refractivity contribution in [3.63, 3.8) is 0 Å². The van der Waals surface area contributed by atoms with E-state index in [1.165, 1.54) is 24.6 Å². The SMILES string of the molecule is CCCCCNc1cccc2cccnc12. The van der Waals surface area contributed by atoms with E-state index in [0.717, 1.165) is 17.7 Å². The van der Waals surface area contributed by atoms with Crippen LogP contribution in [0.15, 0.2) is 36.5 Å². The molecule has 0 amide bonds. The number of unbranched alkanes of at least 4 members (excludes halogenated alkanes) is 2. The molecule has 2 nitrogen and oxygen atoms in total. The van der Waals surface area contributed by atoms with E-state index in [1.807, 2.05) is 12.3 Å². The molecule has 16 heavy (non-hydrogen) atoms. The Morgan fingerprint density at radius 2 is 2.00 bits per heavy atom. The molecule has 1 aromatic carbocycles. The number of rotatable bonds is 5. The summed E-state index contributed by atoms with van der Waals surface area (Å²) >= 11 is 0. The van der Waals surface area contributed by atoms with Crippen LogP contribution in [0.25, 0.3) is 10.9 Å². The molecule has 0 unspecified atom stereocenters. The number of fused-ring (bicyclic) bond motifs is 1. The topological polar surface area (TPSA) is 24.9 Å². The molecule has 1 heterocycles. The second-order valence-corrected chi connectivity index (χ2v) is 4.01. The Kier molecular flexibility index (Phi) is 3.76. The molecular weight excluding hydrogens is 196 g/mol. The van der Waals surface area contributed by atoms with Crippen molar-refractivity contribution in [2.45, 2.75) is 26.2 Å². The fraction of sp³-hybridized carbons (Fsp3) is 0.357. The van der Waals surface area contributed by atoms with Crippen LogP contribution < -0.4 is 5.32 Å². The Balaban J connectivity index is 2.11. The number of hydrogen-bond acceptors (Lipinski definition) is 2. The van der Waals surface area contributed by atoms with Gasteiger partial charge in [-0.15, -0.1) is 0 Å². The molecule has 0 aliphatic carbocycles. The summed E-state index contributed by atoms with van der Waals surface area (Å²) in [6.45, 7) is 3.25. The van der Waals surface area contributed by atoms with Crippen molar-refractivity contribution in [1.82, 2.24) is 4.98 Å². The second kappa shape index (κ2) is 5.50. The zero-order chi connectivity index (χ0) is 11.2. The minimum Gasteiger partial charge on any atom is -0.383 e. The van der Waals surface area contributed by atoms with E-state index < -0.39 is 0 Å². The third kappa shape index (κ3) is 2.51. The zero-order valence-electron chi connectivity index (χ0n) is 9.74. The Bertz CT molecular complexity index is 446. The monoisotopic (exact) mass is 214 g/mol. The zero-order valence-corrected chi connectivity index (χ0v) is 9.74. The van der Waals surface area contributed by atoms with Crippen molar-refractivity contribution in [1.29, 1.82) is 0 Å². The fourth-order valence-electron chi connectivity index (χ4n) is 1.84. The summed E-state index contributed by atoms with van der Waals surface area (Å²) in [5, 5.41) is 4.66. The van der Waals surface area contributed by atoms with Crippen molar-refractivity contribution >= 4 is 16.6 Å². The average molecular weight is 214 g/mol. The number of benzene rings is 1. The van der Waals surface area contributed by atoms with E-state index in [4.69, 9.17) is 0 Å². The van der Waals surface area contributed by atoms with Gasteiger partial charge in [-0.05, 0) is 18.6 Å². The van der Waals surface area contributed by atoms with Gasteiger partial charge in [-0.25, -0.2) is 0 Å². The number of pyridine rings is 1. The van der Waals surface area contributed by atoms with Crippen LogP contribution in [-0.4, -0.2) is 11.5 Å². The van der Waals surface area contributed by atoms with Crippen LogP contribution in [0.1, 0.15) is 26.2 Å². The van der Waals surface area contributed by atoms with Gasteiger partial charge in [0.2, 0.25) is 0 Å². The molecule has 0 radical (unpaired) electrons. The molecule has 2 heteroatoms. The molecule has 0 saturated carbocycles. The Labute approximate surface area is 96.7 Å². The molecule has 0 aliphatic rings. The lowest BCUT2D eigenvalue weighted by molar-refractivity contribution is 0.744. The van der Waals surface area contributed by atoms with Gasteiger partial charge in [-0.2, -0.15) is 0 Å². The van der Waals surface area contributed by atoms with Crippen LogP contribution in [0.2, 0.25) is 0 Å². The number of para-hydroxylation sites is 1. The van der Waals surface area contributed by atoms with E-state index in [9.17, 15) is 0 Å². The quantitative estimate of drug-likeness (QED) is 0.765. The number of anilines is 1. The lowest BCUT2D eigenvalue weighted by Crippen LogP contribution is -2.02. The summed E-state index contributed by atoms with van der Waals surface area (Å²) < 4.78 is 0. The highest BCUT2D eigenvalue weighted by molar-refractivity contribution is 5.90. The van der Waals surface area contributed by atoms with Gasteiger partial charge in [0, 0.05) is 18.1 Å². The summed E-state index contributed by atoms with van der Waals surface area (Å²) in [6, 6.07) is 10.3. The number of aromatic nitrogens is 1. The van der Waals surface area contributed by atoms with Gasteiger partial charge >= 0.3 is 0 Å². The maximum atomic E-state index is 4.42. The summed E-state index contributed by atoms with van der Waals surface area (Å²) in [7, 11) is 0. The lowest BCUT2D eigenvalue weighted by atomic mass is 10.2. The molecule has 0 aliphatic heterocycles. The first-order chi connectivity index (χ1) is 7.92. The third-order valence-corrected chi connectivity index (χ3v) is 2.73. The largest absolute Gasteiger partial charge is 0.383 e. The standard InChI is InChI=1S/C14H18N2/c1-2-3-4-10-15-13-9-5-7-12-8-6-11-16-14(12)13/h5-9,11,15H,2-4,10H2,1H3. The molecule has 0 bridgehead atoms. The van der Waals surface area contributed by atoms with Crippen molar-refractivity contribution < 1.29 is 0 Å². The van der Waals surface area contributed by atoms with E-state index in [-0.39, 0.29) is 0 Å². The van der Waals surface area contributed by atoms with E-state index in [0.29, 0.717) is 0 Å². The van der Waals surface area contributed by atoms with Crippen LogP contribution >= 0.6 is 0 Å². The van der Waals surface area contributed by atoms with Crippen molar-refractivity contribution in [3.8, 4) is 0 Å². The lowest BCUT2D eigenvalue weighted by Gasteiger charge is -2.08. The van der Waals surface area contributed by atoms with Crippen molar-refractivity contribution in [3.05, 3.63) is 36.5 Å². The van der Waals surface area contributed by atoms with Gasteiger partial charge in [-0.1, -0.05) is 38.0 Å². The highest BCUT2D eigenvalue weighted by Gasteiger charge is 1.99. The van der Waals surface area contributed by atoms with Gasteiger partial charge < -0.3 is 5.32 Å². The number of nitrogens with one attached hydrogen (secondary N) is 1. The maximum absolute atomic E-state index is 4.42. The summed E-state index contributed by atoms with van der Waals surface area (Å²) in [5.74, 6) is 0. The van der Waals surface area contributed by atoms with Crippen LogP contribution in [0, 0.1) is 0 Å². The van der Waals surface area contributed by atoms with E-state index in [1.54, 1.807) is 0 Å². The highest BCUT2D eigenvalue weighted by atomic mass is 14.9. The Morgan fingerprint density at radius 3 is 2.88 bits per heavy atom. The van der Waals surface area contributed by atoms with Crippen molar-refractivity contribution in [2.75, 3.05) is 11.9 Å².